The molecule has 1 atom stereocenters. The number of hydrogen-bond donors (Lipinski definition) is 2. The number of halogens is 2. The van der Waals surface area contributed by atoms with Gasteiger partial charge in [0, 0.05) is 19.5 Å². The molecule has 1 unspecified atom stereocenters. The van der Waals surface area contributed by atoms with Crippen LogP contribution < -0.4 is 5.32 Å². The Kier molecular flexibility index (Phi) is 4.04. The Morgan fingerprint density at radius 3 is 2.41 bits per heavy atom. The number of aromatic hydroxyl groups is 1. The van der Waals surface area contributed by atoms with Gasteiger partial charge in [0.15, 0.2) is 0 Å². The van der Waals surface area contributed by atoms with Crippen molar-refractivity contribution >= 4 is 5.91 Å². The van der Waals surface area contributed by atoms with Crippen molar-refractivity contribution in [2.24, 2.45) is 0 Å². The molecule has 1 aromatic carbocycles. The highest BCUT2D eigenvalue weighted by Crippen LogP contribution is 2.31. The largest absolute Gasteiger partial charge is 0.508 e. The van der Waals surface area contributed by atoms with Gasteiger partial charge < -0.3 is 10.0 Å². The minimum absolute atomic E-state index is 0.207. The van der Waals surface area contributed by atoms with E-state index in [1.165, 1.54) is 0 Å². The van der Waals surface area contributed by atoms with Crippen LogP contribution in [0.2, 0.25) is 0 Å². The highest BCUT2D eigenvalue weighted by atomic mass is 19.3. The first-order valence-electron chi connectivity index (χ1n) is 7.63. The van der Waals surface area contributed by atoms with Crippen molar-refractivity contribution in [1.29, 1.82) is 0 Å². The molecule has 0 spiro atoms. The quantitative estimate of drug-likeness (QED) is 0.879. The van der Waals surface area contributed by atoms with Crippen molar-refractivity contribution in [3.63, 3.8) is 0 Å². The number of piperidine rings is 1. The first kappa shape index (κ1) is 15.2. The number of nitrogens with zero attached hydrogens (tertiary/aromatic N) is 1. The van der Waals surface area contributed by atoms with Gasteiger partial charge in [0.2, 0.25) is 5.91 Å². The fourth-order valence-electron chi connectivity index (χ4n) is 3.29. The molecule has 1 amide bonds. The van der Waals surface area contributed by atoms with Crippen LogP contribution in [-0.4, -0.2) is 47.5 Å². The first-order chi connectivity index (χ1) is 10.4. The number of carbonyl (C=O) groups excluding carboxylic acids is 1. The molecule has 22 heavy (non-hydrogen) atoms. The fraction of sp³-hybridized carbons (Fsp3) is 0.562. The Morgan fingerprint density at radius 1 is 1.23 bits per heavy atom. The third kappa shape index (κ3) is 3.21. The van der Waals surface area contributed by atoms with E-state index < -0.39 is 24.9 Å². The Labute approximate surface area is 128 Å². The highest BCUT2D eigenvalue weighted by Gasteiger charge is 2.43. The average molecular weight is 310 g/mol. The van der Waals surface area contributed by atoms with Crippen molar-refractivity contribution in [3.8, 4) is 5.75 Å². The van der Waals surface area contributed by atoms with Crippen LogP contribution in [0.25, 0.3) is 0 Å². The summed E-state index contributed by atoms with van der Waals surface area (Å²) in [4.78, 5) is 14.0. The number of phenols is 1. The first-order valence-corrected chi connectivity index (χ1v) is 7.63. The summed E-state index contributed by atoms with van der Waals surface area (Å²) in [7, 11) is 0. The van der Waals surface area contributed by atoms with Crippen LogP contribution in [-0.2, 0) is 4.79 Å². The summed E-state index contributed by atoms with van der Waals surface area (Å²) in [6.07, 6.45) is 1.24. The smallest absolute Gasteiger partial charge is 0.262 e. The minimum atomic E-state index is -2.77. The Morgan fingerprint density at radius 2 is 1.86 bits per heavy atom. The highest BCUT2D eigenvalue weighted by molar-refractivity contribution is 5.82. The maximum absolute atomic E-state index is 13.2. The summed E-state index contributed by atoms with van der Waals surface area (Å²) in [6, 6.07) is 6.38. The number of benzene rings is 1. The number of amides is 1. The molecule has 0 radical (unpaired) electrons. The van der Waals surface area contributed by atoms with Gasteiger partial charge in [0.05, 0.1) is 12.6 Å². The molecule has 0 aromatic heterocycles. The summed E-state index contributed by atoms with van der Waals surface area (Å²) in [5.74, 6) is -2.39. The van der Waals surface area contributed by atoms with Gasteiger partial charge in [-0.15, -0.1) is 0 Å². The van der Waals surface area contributed by atoms with Crippen molar-refractivity contribution in [1.82, 2.24) is 10.2 Å². The zero-order valence-electron chi connectivity index (χ0n) is 12.3. The average Bonchev–Trinajstić information content (AvgIpc) is 2.88. The summed E-state index contributed by atoms with van der Waals surface area (Å²) in [5, 5.41) is 11.9. The van der Waals surface area contributed by atoms with Gasteiger partial charge in [-0.05, 0) is 36.5 Å². The maximum Gasteiger partial charge on any atom is 0.262 e. The van der Waals surface area contributed by atoms with Crippen LogP contribution in [0.15, 0.2) is 24.3 Å². The molecule has 1 aromatic rings. The van der Waals surface area contributed by atoms with Crippen LogP contribution in [0.5, 0.6) is 5.75 Å². The van der Waals surface area contributed by atoms with Gasteiger partial charge in [-0.25, -0.2) is 8.78 Å². The molecule has 2 N–H and O–H groups in total. The molecule has 2 aliphatic rings. The molecular formula is C16H20F2N2O2. The SMILES string of the molecule is O=C(C1CC(F)(F)CN1)N1CCC(c2ccc(O)cc2)CC1. The third-order valence-corrected chi connectivity index (χ3v) is 4.58. The van der Waals surface area contributed by atoms with E-state index in [9.17, 15) is 18.7 Å². The van der Waals surface area contributed by atoms with E-state index in [0.717, 1.165) is 18.4 Å². The summed E-state index contributed by atoms with van der Waals surface area (Å²) < 4.78 is 26.4. The van der Waals surface area contributed by atoms with Gasteiger partial charge in [-0.2, -0.15) is 0 Å². The molecule has 2 saturated heterocycles. The summed E-state index contributed by atoms with van der Waals surface area (Å²) >= 11 is 0. The van der Waals surface area contributed by atoms with Crippen LogP contribution in [0, 0.1) is 0 Å². The molecule has 3 rings (SSSR count). The molecule has 0 saturated carbocycles. The van der Waals surface area contributed by atoms with Crippen molar-refractivity contribution in [3.05, 3.63) is 29.8 Å². The topological polar surface area (TPSA) is 52.6 Å². The van der Waals surface area contributed by atoms with Crippen molar-refractivity contribution < 1.29 is 18.7 Å². The van der Waals surface area contributed by atoms with Gasteiger partial charge in [0.25, 0.3) is 5.92 Å². The van der Waals surface area contributed by atoms with Crippen molar-refractivity contribution in [2.75, 3.05) is 19.6 Å². The van der Waals surface area contributed by atoms with Gasteiger partial charge >= 0.3 is 0 Å². The number of carbonyl (C=O) groups is 1. The number of rotatable bonds is 2. The van der Waals surface area contributed by atoms with Crippen LogP contribution in [0.1, 0.15) is 30.7 Å². The van der Waals surface area contributed by atoms with E-state index in [0.29, 0.717) is 19.0 Å². The monoisotopic (exact) mass is 310 g/mol. The zero-order chi connectivity index (χ0) is 15.7. The van der Waals surface area contributed by atoms with Gasteiger partial charge in [0.1, 0.15) is 5.75 Å². The van der Waals surface area contributed by atoms with E-state index in [1.54, 1.807) is 17.0 Å². The summed E-state index contributed by atoms with van der Waals surface area (Å²) in [5.41, 5.74) is 1.15. The Hall–Kier alpha value is -1.69. The van der Waals surface area contributed by atoms with Crippen LogP contribution >= 0.6 is 0 Å². The molecule has 2 heterocycles. The third-order valence-electron chi connectivity index (χ3n) is 4.58. The molecule has 4 nitrogen and oxygen atoms in total. The van der Waals surface area contributed by atoms with Gasteiger partial charge in [-0.1, -0.05) is 12.1 Å². The molecular weight excluding hydrogens is 290 g/mol. The van der Waals surface area contributed by atoms with E-state index in [2.05, 4.69) is 5.32 Å². The number of phenolic OH excluding ortho intramolecular Hbond substituents is 1. The molecule has 120 valence electrons. The van der Waals surface area contributed by atoms with Crippen LogP contribution in [0.4, 0.5) is 8.78 Å². The zero-order valence-corrected chi connectivity index (χ0v) is 12.3. The van der Waals surface area contributed by atoms with E-state index >= 15 is 0 Å². The molecule has 0 aliphatic carbocycles. The van der Waals surface area contributed by atoms with E-state index in [-0.39, 0.29) is 11.7 Å². The van der Waals surface area contributed by atoms with E-state index in [1.807, 2.05) is 12.1 Å². The number of alkyl halides is 2. The lowest BCUT2D eigenvalue weighted by Crippen LogP contribution is -2.46. The van der Waals surface area contributed by atoms with Crippen LogP contribution in [0.3, 0.4) is 0 Å². The second-order valence-electron chi connectivity index (χ2n) is 6.18. The second-order valence-corrected chi connectivity index (χ2v) is 6.18. The number of hydrogen-bond acceptors (Lipinski definition) is 3. The molecule has 0 bridgehead atoms. The number of nitrogens with one attached hydrogen (secondary N) is 1. The molecule has 2 fully saturated rings. The predicted octanol–water partition coefficient (Wildman–Crippen LogP) is 2.10. The Bertz CT molecular complexity index is 540. The fourth-order valence-corrected chi connectivity index (χ4v) is 3.29. The molecule has 2 aliphatic heterocycles. The van der Waals surface area contributed by atoms with Crippen molar-refractivity contribution in [2.45, 2.75) is 37.1 Å². The second kappa shape index (κ2) is 5.83. The standard InChI is InChI=1S/C16H20F2N2O2/c17-16(18)9-14(19-10-16)15(22)20-7-5-12(6-8-20)11-1-3-13(21)4-2-11/h1-4,12,14,19,21H,5-10H2. The molecule has 6 heteroatoms. The lowest BCUT2D eigenvalue weighted by Gasteiger charge is -2.33. The number of likely N-dealkylation sites (tertiary alicyclic amines) is 1. The maximum atomic E-state index is 13.2. The summed E-state index contributed by atoms with van der Waals surface area (Å²) in [6.45, 7) is 0.773. The van der Waals surface area contributed by atoms with E-state index in [4.69, 9.17) is 0 Å². The predicted molar refractivity (Wildman–Crippen MR) is 78.0 cm³/mol. The Balaban J connectivity index is 1.55. The van der Waals surface area contributed by atoms with Gasteiger partial charge in [-0.3, -0.25) is 10.1 Å². The lowest BCUT2D eigenvalue weighted by molar-refractivity contribution is -0.134. The lowest BCUT2D eigenvalue weighted by atomic mass is 9.89. The minimum Gasteiger partial charge on any atom is -0.508 e. The normalized spacial score (nSPS) is 25.4.